The van der Waals surface area contributed by atoms with Gasteiger partial charge in [-0.3, -0.25) is 29.4 Å². The standard InChI is InChI=1S/C13H27NO2.C12H26N2O.2C11H23NO2.C11H21NO.C11H23NO.C10H22N2O.3C10H21NO/c1-11(2)16-10-9-14-7-5-12(6-8-14)13(3,4)15;1-11(2)14-7-5-13(6-8-14)9-10-15-12(3)4;2*1-9(2)13-6-5-12-7-10(3)14-11(4)8-12;1-10(2)13-7-6-12-8-11(9-12)4-3-5-11;2*1-10(2)13-9-8-12-6-4-11(3)5-7-12;3*1-10(2)12-9-8-11-6-4-3-5-7-11/h11-12,15H,5-10H2,1-4H3;11-12H,5-10H2,1-4H3;2*9-11H,5-8H2,1-4H3;10H,3-9H2,1-2H3;10-11H,4-9H2,1-3H3;10H,4-9H2,1-3H3;3*10H,3-9H2,1-2H3/t;;10-,11+;;;;;;;. The summed E-state index contributed by atoms with van der Waals surface area (Å²) in [4.78, 5) is 29.7. The first-order valence-corrected chi connectivity index (χ1v) is 55.4. The monoisotopic (exact) mass is 1910 g/mol. The zero-order valence-corrected chi connectivity index (χ0v) is 94.0. The first-order chi connectivity index (χ1) is 63.6. The van der Waals surface area contributed by atoms with Crippen molar-refractivity contribution in [2.75, 3.05) is 296 Å². The van der Waals surface area contributed by atoms with Gasteiger partial charge in [-0.25, -0.2) is 0 Å². The van der Waals surface area contributed by atoms with Crippen LogP contribution in [-0.4, -0.2) is 457 Å². The Morgan fingerprint density at radius 3 is 0.709 bits per heavy atom. The first kappa shape index (κ1) is 129. The number of aliphatic hydroxyl groups is 1. The third-order valence-electron chi connectivity index (χ3n) is 26.7. The average molecular weight is 1920 g/mol. The van der Waals surface area contributed by atoms with Gasteiger partial charge in [-0.2, -0.15) is 0 Å². The summed E-state index contributed by atoms with van der Waals surface area (Å²) < 4.78 is 66.6. The smallest absolute Gasteiger partial charge is 0.0678 e. The summed E-state index contributed by atoms with van der Waals surface area (Å²) in [5.41, 5.74) is 0.262. The second-order valence-corrected chi connectivity index (χ2v) is 44.4. The lowest BCUT2D eigenvalue weighted by atomic mass is 9.63. The molecular formula is C109H228N12O13. The summed E-state index contributed by atoms with van der Waals surface area (Å²) in [5.74, 6) is 1.39. The van der Waals surface area contributed by atoms with Gasteiger partial charge in [-0.15, -0.1) is 0 Å². The Morgan fingerprint density at radius 2 is 0.485 bits per heavy atom. The molecule has 11 rings (SSSR count). The van der Waals surface area contributed by atoms with Crippen LogP contribution >= 0.6 is 0 Å². The summed E-state index contributed by atoms with van der Waals surface area (Å²) >= 11 is 0. The molecular weight excluding hydrogens is 1690 g/mol. The fourth-order valence-corrected chi connectivity index (χ4v) is 18.4. The van der Waals surface area contributed by atoms with Crippen molar-refractivity contribution in [3.8, 4) is 0 Å². The molecule has 0 aromatic carbocycles. The van der Waals surface area contributed by atoms with E-state index in [2.05, 4.69) is 253 Å². The molecule has 802 valence electrons. The highest BCUT2D eigenvalue weighted by Crippen LogP contribution is 2.48. The maximum absolute atomic E-state index is 9.93. The molecule has 25 heteroatoms. The van der Waals surface area contributed by atoms with Crippen molar-refractivity contribution in [2.24, 2.45) is 17.3 Å². The van der Waals surface area contributed by atoms with E-state index in [1.165, 1.54) is 208 Å². The van der Waals surface area contributed by atoms with Crippen molar-refractivity contribution in [1.29, 1.82) is 0 Å². The zero-order chi connectivity index (χ0) is 99.7. The van der Waals surface area contributed by atoms with Gasteiger partial charge >= 0.3 is 0 Å². The normalized spacial score (nSPS) is 23.1. The minimum atomic E-state index is -0.513. The topological polar surface area (TPSA) is 170 Å². The van der Waals surface area contributed by atoms with E-state index in [0.29, 0.717) is 97.4 Å². The van der Waals surface area contributed by atoms with Gasteiger partial charge in [0.25, 0.3) is 0 Å². The molecule has 11 aliphatic rings. The van der Waals surface area contributed by atoms with Gasteiger partial charge in [0.15, 0.2) is 0 Å². The van der Waals surface area contributed by atoms with E-state index >= 15 is 0 Å². The van der Waals surface area contributed by atoms with Crippen LogP contribution in [-0.2, 0) is 56.8 Å². The molecule has 0 amide bonds. The Hall–Kier alpha value is -1.00. The van der Waals surface area contributed by atoms with Crippen LogP contribution in [0.4, 0.5) is 0 Å². The van der Waals surface area contributed by atoms with Crippen molar-refractivity contribution in [3.05, 3.63) is 0 Å². The Labute approximate surface area is 829 Å². The molecule has 10 heterocycles. The van der Waals surface area contributed by atoms with Crippen molar-refractivity contribution in [2.45, 2.75) is 401 Å². The van der Waals surface area contributed by atoms with Crippen molar-refractivity contribution in [1.82, 2.24) is 58.8 Å². The summed E-state index contributed by atoms with van der Waals surface area (Å²) in [6.45, 7) is 109. The summed E-state index contributed by atoms with van der Waals surface area (Å²) in [7, 11) is 2.18. The van der Waals surface area contributed by atoms with E-state index in [-0.39, 0.29) is 0 Å². The molecule has 11 fully saturated rings. The van der Waals surface area contributed by atoms with Crippen LogP contribution in [0.1, 0.15) is 304 Å². The van der Waals surface area contributed by atoms with Gasteiger partial charge in [0.05, 0.1) is 157 Å². The number of likely N-dealkylation sites (N-methyl/N-ethyl adjacent to an activating group) is 1. The summed E-state index contributed by atoms with van der Waals surface area (Å²) in [6, 6.07) is 0.694. The van der Waals surface area contributed by atoms with E-state index in [4.69, 9.17) is 56.8 Å². The summed E-state index contributed by atoms with van der Waals surface area (Å²) in [5, 5.41) is 9.93. The van der Waals surface area contributed by atoms with Crippen molar-refractivity contribution >= 4 is 0 Å². The molecule has 10 saturated heterocycles. The molecule has 0 bridgehead atoms. The van der Waals surface area contributed by atoms with Crippen molar-refractivity contribution in [3.63, 3.8) is 0 Å². The SMILES string of the molecule is CC(C)OCCN1CC(C)OC(C)C1.CC(C)OCCN1CC2(CCC2)C1.CC(C)OCCN1CCC(C(C)(C)O)CC1.CC(C)OCCN1CCCCC1.CC(C)OCCN1CCCCC1.CC(C)OCCN1CCCCC1.CC(C)OCCN1CCN(C(C)C)CC1.CC(C)OCCN1CCN(C)CC1.CC(C)OCCN1C[C@@H](C)O[C@@H](C)C1.CC1CCN(CCOC(C)C)CC1. The molecule has 1 saturated carbocycles. The predicted molar refractivity (Wildman–Crippen MR) is 565 cm³/mol. The van der Waals surface area contributed by atoms with Gasteiger partial charge in [0.2, 0.25) is 0 Å². The molecule has 0 aromatic rings. The minimum absolute atomic E-state index is 0.328. The third-order valence-corrected chi connectivity index (χ3v) is 26.7. The number of hydrogen-bond acceptors (Lipinski definition) is 25. The van der Waals surface area contributed by atoms with E-state index in [1.54, 1.807) is 0 Å². The molecule has 2 unspecified atom stereocenters. The third kappa shape index (κ3) is 72.3. The second-order valence-electron chi connectivity index (χ2n) is 44.4. The largest absolute Gasteiger partial charge is 0.390 e. The van der Waals surface area contributed by atoms with Crippen LogP contribution in [0.5, 0.6) is 0 Å². The maximum atomic E-state index is 9.93. The Bertz CT molecular complexity index is 2400. The molecule has 0 radical (unpaired) electrons. The number of likely N-dealkylation sites (tertiary alicyclic amines) is 6. The van der Waals surface area contributed by atoms with Crippen molar-refractivity contribution < 1.29 is 61.9 Å². The van der Waals surface area contributed by atoms with Gasteiger partial charge in [-0.1, -0.05) is 32.6 Å². The minimum Gasteiger partial charge on any atom is -0.390 e. The van der Waals surface area contributed by atoms with E-state index in [0.717, 1.165) is 195 Å². The summed E-state index contributed by atoms with van der Waals surface area (Å²) in [6.07, 6.45) is 27.0. The maximum Gasteiger partial charge on any atom is 0.0678 e. The van der Waals surface area contributed by atoms with Crippen LogP contribution in [0.2, 0.25) is 0 Å². The molecule has 4 atom stereocenters. The van der Waals surface area contributed by atoms with Gasteiger partial charge in [0, 0.05) is 163 Å². The fourth-order valence-electron chi connectivity index (χ4n) is 18.4. The van der Waals surface area contributed by atoms with Crippen LogP contribution in [0.15, 0.2) is 0 Å². The first-order valence-electron chi connectivity index (χ1n) is 55.4. The van der Waals surface area contributed by atoms with E-state index in [9.17, 15) is 5.11 Å². The van der Waals surface area contributed by atoms with Crippen LogP contribution in [0, 0.1) is 17.3 Å². The van der Waals surface area contributed by atoms with E-state index in [1.807, 2.05) is 13.8 Å². The molecule has 1 aliphatic carbocycles. The Balaban J connectivity index is 0.000000504. The second kappa shape index (κ2) is 78.4. The van der Waals surface area contributed by atoms with Gasteiger partial charge in [-0.05, 0) is 361 Å². The number of hydrogen-bond donors (Lipinski definition) is 1. The Kier molecular flexibility index (Phi) is 75.5. The van der Waals surface area contributed by atoms with Crippen LogP contribution in [0.25, 0.3) is 0 Å². The molecule has 0 aromatic heterocycles. The molecule has 134 heavy (non-hydrogen) atoms. The number of nitrogens with zero attached hydrogens (tertiary/aromatic N) is 12. The number of piperidine rings is 5. The molecule has 25 nitrogen and oxygen atoms in total. The lowest BCUT2D eigenvalue weighted by Gasteiger charge is -2.56. The number of ether oxygens (including phenoxy) is 12. The highest BCUT2D eigenvalue weighted by atomic mass is 16.5. The molecule has 10 aliphatic heterocycles. The average Bonchev–Trinajstić information content (AvgIpc) is 0.763. The van der Waals surface area contributed by atoms with E-state index < -0.39 is 5.60 Å². The number of morpholine rings is 2. The molecule has 1 spiro atoms. The molecule has 1 N–H and O–H groups in total. The lowest BCUT2D eigenvalue weighted by Crippen LogP contribution is -2.60. The highest BCUT2D eigenvalue weighted by molar-refractivity contribution is 5.00. The fraction of sp³-hybridized carbons (Fsp3) is 1.00. The highest BCUT2D eigenvalue weighted by Gasteiger charge is 2.46. The number of rotatable bonds is 42. The lowest BCUT2D eigenvalue weighted by molar-refractivity contribution is -0.0751. The quantitative estimate of drug-likeness (QED) is 0.0612. The van der Waals surface area contributed by atoms with Gasteiger partial charge < -0.3 is 91.3 Å². The predicted octanol–water partition coefficient (Wildman–Crippen LogP) is 16.8. The number of piperazine rings is 2. The zero-order valence-electron chi connectivity index (χ0n) is 94.0. The Morgan fingerprint density at radius 1 is 0.269 bits per heavy atom. The van der Waals surface area contributed by atoms with Crippen LogP contribution < -0.4 is 0 Å². The van der Waals surface area contributed by atoms with Crippen LogP contribution in [0.3, 0.4) is 0 Å². The van der Waals surface area contributed by atoms with Gasteiger partial charge in [0.1, 0.15) is 0 Å².